The molecular weight excluding hydrogens is 280 g/mol. The van der Waals surface area contributed by atoms with E-state index in [1.807, 2.05) is 20.0 Å². The molecule has 0 saturated carbocycles. The summed E-state index contributed by atoms with van der Waals surface area (Å²) in [6.07, 6.45) is 0.929. The van der Waals surface area contributed by atoms with Gasteiger partial charge < -0.3 is 5.32 Å². The van der Waals surface area contributed by atoms with Gasteiger partial charge in [0.1, 0.15) is 0 Å². The Hall–Kier alpha value is -0.430. The van der Waals surface area contributed by atoms with Gasteiger partial charge in [-0.1, -0.05) is 13.8 Å². The predicted octanol–water partition coefficient (Wildman–Crippen LogP) is 2.20. The second kappa shape index (κ2) is 5.16. The minimum absolute atomic E-state index is 0.0881. The van der Waals surface area contributed by atoms with Crippen LogP contribution in [-0.2, 0) is 16.6 Å². The first-order chi connectivity index (χ1) is 8.76. The summed E-state index contributed by atoms with van der Waals surface area (Å²) in [4.78, 5) is 2.44. The Kier molecular flexibility index (Phi) is 4.07. The summed E-state index contributed by atoms with van der Waals surface area (Å²) in [6, 6.07) is 1.82. The molecule has 108 valence electrons. The van der Waals surface area contributed by atoms with Gasteiger partial charge in [-0.05, 0) is 31.9 Å². The van der Waals surface area contributed by atoms with Crippen molar-refractivity contribution in [3.05, 3.63) is 15.8 Å². The standard InChI is InChI=1S/C13H22N2O2S2/c1-10-12(7-11(18-10)8-14-4)19(16,17)15-6-5-13(2,3)9-15/h7,14H,5-6,8-9H2,1-4H3. The van der Waals surface area contributed by atoms with Crippen molar-refractivity contribution in [1.82, 2.24) is 9.62 Å². The third-order valence-electron chi connectivity index (χ3n) is 3.53. The van der Waals surface area contributed by atoms with E-state index in [0.29, 0.717) is 24.5 Å². The predicted molar refractivity (Wildman–Crippen MR) is 79.0 cm³/mol. The van der Waals surface area contributed by atoms with Crippen molar-refractivity contribution in [3.8, 4) is 0 Å². The Morgan fingerprint density at radius 3 is 2.68 bits per heavy atom. The lowest BCUT2D eigenvalue weighted by atomic mass is 9.93. The van der Waals surface area contributed by atoms with Gasteiger partial charge in [-0.2, -0.15) is 4.31 Å². The number of aryl methyl sites for hydroxylation is 1. The molecule has 0 amide bonds. The molecule has 0 aliphatic carbocycles. The minimum atomic E-state index is -3.32. The molecule has 4 nitrogen and oxygen atoms in total. The number of nitrogens with one attached hydrogen (secondary N) is 1. The zero-order chi connectivity index (χ0) is 14.3. The molecule has 0 spiro atoms. The zero-order valence-corrected chi connectivity index (χ0v) is 13.6. The van der Waals surface area contributed by atoms with E-state index in [9.17, 15) is 8.42 Å². The first kappa shape index (κ1) is 15.0. The quantitative estimate of drug-likeness (QED) is 0.927. The monoisotopic (exact) mass is 302 g/mol. The summed E-state index contributed by atoms with van der Waals surface area (Å²) in [6.45, 7) is 8.09. The smallest absolute Gasteiger partial charge is 0.244 e. The number of hydrogen-bond acceptors (Lipinski definition) is 4. The fraction of sp³-hybridized carbons (Fsp3) is 0.692. The number of rotatable bonds is 4. The molecule has 1 aromatic heterocycles. The molecule has 19 heavy (non-hydrogen) atoms. The molecule has 1 saturated heterocycles. The Morgan fingerprint density at radius 2 is 2.16 bits per heavy atom. The van der Waals surface area contributed by atoms with E-state index in [1.165, 1.54) is 0 Å². The van der Waals surface area contributed by atoms with Crippen molar-refractivity contribution in [2.24, 2.45) is 5.41 Å². The Balaban J connectivity index is 2.30. The second-order valence-electron chi connectivity index (χ2n) is 5.92. The summed E-state index contributed by atoms with van der Waals surface area (Å²) in [5.41, 5.74) is 0.0881. The number of thiophene rings is 1. The summed E-state index contributed by atoms with van der Waals surface area (Å²) in [5.74, 6) is 0. The first-order valence-electron chi connectivity index (χ1n) is 6.50. The maximum Gasteiger partial charge on any atom is 0.244 e. The summed E-state index contributed by atoms with van der Waals surface area (Å²) in [7, 11) is -1.45. The normalized spacial score (nSPS) is 20.0. The van der Waals surface area contributed by atoms with Crippen LogP contribution in [0.2, 0.25) is 0 Å². The molecule has 0 bridgehead atoms. The average Bonchev–Trinajstić information content (AvgIpc) is 2.83. The van der Waals surface area contributed by atoms with E-state index in [0.717, 1.165) is 16.2 Å². The molecule has 2 heterocycles. The van der Waals surface area contributed by atoms with Crippen molar-refractivity contribution in [2.75, 3.05) is 20.1 Å². The number of sulfonamides is 1. The van der Waals surface area contributed by atoms with Gasteiger partial charge in [0.2, 0.25) is 10.0 Å². The molecule has 1 aromatic rings. The molecule has 1 fully saturated rings. The van der Waals surface area contributed by atoms with Crippen LogP contribution in [0.4, 0.5) is 0 Å². The topological polar surface area (TPSA) is 49.4 Å². The van der Waals surface area contributed by atoms with Crippen molar-refractivity contribution in [2.45, 2.75) is 38.6 Å². The van der Waals surface area contributed by atoms with Gasteiger partial charge >= 0.3 is 0 Å². The highest BCUT2D eigenvalue weighted by atomic mass is 32.2. The Morgan fingerprint density at radius 1 is 1.47 bits per heavy atom. The van der Waals surface area contributed by atoms with Crippen LogP contribution in [0.5, 0.6) is 0 Å². The number of hydrogen-bond donors (Lipinski definition) is 1. The number of nitrogens with zero attached hydrogens (tertiary/aromatic N) is 1. The maximum absolute atomic E-state index is 12.7. The molecule has 6 heteroatoms. The van der Waals surface area contributed by atoms with Crippen LogP contribution in [0.15, 0.2) is 11.0 Å². The molecule has 0 atom stereocenters. The lowest BCUT2D eigenvalue weighted by Crippen LogP contribution is -2.30. The van der Waals surface area contributed by atoms with E-state index in [1.54, 1.807) is 15.6 Å². The van der Waals surface area contributed by atoms with Crippen LogP contribution in [-0.4, -0.2) is 32.9 Å². The first-order valence-corrected chi connectivity index (χ1v) is 8.76. The SMILES string of the molecule is CNCc1cc(S(=O)(=O)N2CCC(C)(C)C2)c(C)s1. The van der Waals surface area contributed by atoms with E-state index in [-0.39, 0.29) is 5.41 Å². The summed E-state index contributed by atoms with van der Waals surface area (Å²) in [5, 5.41) is 3.06. The van der Waals surface area contributed by atoms with Gasteiger partial charge in [-0.3, -0.25) is 0 Å². The second-order valence-corrected chi connectivity index (χ2v) is 9.16. The molecule has 1 N–H and O–H groups in total. The van der Waals surface area contributed by atoms with Crippen LogP contribution in [0, 0.1) is 12.3 Å². The lowest BCUT2D eigenvalue weighted by Gasteiger charge is -2.19. The molecule has 1 aliphatic rings. The third-order valence-corrected chi connectivity index (χ3v) is 6.69. The molecule has 0 aromatic carbocycles. The lowest BCUT2D eigenvalue weighted by molar-refractivity contribution is 0.375. The van der Waals surface area contributed by atoms with Crippen molar-refractivity contribution >= 4 is 21.4 Å². The van der Waals surface area contributed by atoms with Crippen molar-refractivity contribution in [3.63, 3.8) is 0 Å². The fourth-order valence-electron chi connectivity index (χ4n) is 2.45. The Bertz CT molecular complexity index is 561. The van der Waals surface area contributed by atoms with Crippen LogP contribution >= 0.6 is 11.3 Å². The highest BCUT2D eigenvalue weighted by Gasteiger charge is 2.37. The summed E-state index contributed by atoms with van der Waals surface area (Å²) < 4.78 is 27.0. The average molecular weight is 302 g/mol. The van der Waals surface area contributed by atoms with E-state index in [2.05, 4.69) is 19.2 Å². The molecule has 0 unspecified atom stereocenters. The van der Waals surface area contributed by atoms with Crippen LogP contribution in [0.3, 0.4) is 0 Å². The van der Waals surface area contributed by atoms with Crippen LogP contribution in [0.25, 0.3) is 0 Å². The molecule has 0 radical (unpaired) electrons. The third kappa shape index (κ3) is 3.02. The van der Waals surface area contributed by atoms with Crippen molar-refractivity contribution < 1.29 is 8.42 Å². The van der Waals surface area contributed by atoms with Gasteiger partial charge in [0.25, 0.3) is 0 Å². The minimum Gasteiger partial charge on any atom is -0.315 e. The van der Waals surface area contributed by atoms with Crippen molar-refractivity contribution in [1.29, 1.82) is 0 Å². The zero-order valence-electron chi connectivity index (χ0n) is 12.0. The van der Waals surface area contributed by atoms with Gasteiger partial charge in [0.05, 0.1) is 4.90 Å². The van der Waals surface area contributed by atoms with Crippen LogP contribution < -0.4 is 5.32 Å². The van der Waals surface area contributed by atoms with E-state index < -0.39 is 10.0 Å². The largest absolute Gasteiger partial charge is 0.315 e. The maximum atomic E-state index is 12.7. The highest BCUT2D eigenvalue weighted by molar-refractivity contribution is 7.89. The summed E-state index contributed by atoms with van der Waals surface area (Å²) >= 11 is 1.56. The van der Waals surface area contributed by atoms with E-state index in [4.69, 9.17) is 0 Å². The fourth-order valence-corrected chi connectivity index (χ4v) is 5.69. The Labute approximate surface area is 119 Å². The van der Waals surface area contributed by atoms with Gasteiger partial charge in [0, 0.05) is 29.4 Å². The molecular formula is C13H22N2O2S2. The van der Waals surface area contributed by atoms with Gasteiger partial charge in [-0.15, -0.1) is 11.3 Å². The molecule has 2 rings (SSSR count). The highest BCUT2D eigenvalue weighted by Crippen LogP contribution is 2.35. The van der Waals surface area contributed by atoms with E-state index >= 15 is 0 Å². The molecule has 1 aliphatic heterocycles. The van der Waals surface area contributed by atoms with Crippen LogP contribution in [0.1, 0.15) is 30.0 Å². The van der Waals surface area contributed by atoms with Gasteiger partial charge in [-0.25, -0.2) is 8.42 Å². The van der Waals surface area contributed by atoms with Gasteiger partial charge in [0.15, 0.2) is 0 Å².